The van der Waals surface area contributed by atoms with Gasteiger partial charge < -0.3 is 20.2 Å². The summed E-state index contributed by atoms with van der Waals surface area (Å²) in [5, 5.41) is 12.7. The van der Waals surface area contributed by atoms with Crippen LogP contribution in [0.4, 0.5) is 5.82 Å². The summed E-state index contributed by atoms with van der Waals surface area (Å²) in [6.07, 6.45) is 11.1. The van der Waals surface area contributed by atoms with Gasteiger partial charge in [-0.15, -0.1) is 21.5 Å². The van der Waals surface area contributed by atoms with Crippen LogP contribution >= 0.6 is 11.3 Å². The van der Waals surface area contributed by atoms with Crippen molar-refractivity contribution in [2.24, 2.45) is 11.8 Å². The Morgan fingerprint density at radius 1 is 1.07 bits per heavy atom. The topological polar surface area (TPSA) is 142 Å². The van der Waals surface area contributed by atoms with Crippen molar-refractivity contribution >= 4 is 33.1 Å². The SMILES string of the molecule is Cc1nnc(-c2c(CCC3CCOCC3)nc3c(c2-c2cc4ccnc(N)c4s2)C(=O)NC3C(C)C)o1.c1cnc2c(c1)CCC2. The molecule has 1 fully saturated rings. The molecule has 5 aromatic heterocycles. The molecule has 11 heteroatoms. The molecule has 5 aromatic rings. The lowest BCUT2D eigenvalue weighted by Gasteiger charge is -2.23. The molecule has 46 heavy (non-hydrogen) atoms. The van der Waals surface area contributed by atoms with E-state index in [1.807, 2.05) is 18.3 Å². The summed E-state index contributed by atoms with van der Waals surface area (Å²) >= 11 is 1.52. The number of amides is 1. The summed E-state index contributed by atoms with van der Waals surface area (Å²) in [7, 11) is 0. The third-order valence-corrected chi connectivity index (χ3v) is 10.4. The zero-order valence-electron chi connectivity index (χ0n) is 26.5. The summed E-state index contributed by atoms with van der Waals surface area (Å²) < 4.78 is 12.4. The van der Waals surface area contributed by atoms with Gasteiger partial charge in [0.05, 0.1) is 33.3 Å². The van der Waals surface area contributed by atoms with Gasteiger partial charge in [0, 0.05) is 48.7 Å². The molecule has 1 unspecified atom stereocenters. The van der Waals surface area contributed by atoms with E-state index in [9.17, 15) is 4.79 Å². The summed E-state index contributed by atoms with van der Waals surface area (Å²) in [5.41, 5.74) is 12.8. The molecule has 10 nitrogen and oxygen atoms in total. The maximum Gasteiger partial charge on any atom is 0.254 e. The highest BCUT2D eigenvalue weighted by molar-refractivity contribution is 7.22. The maximum absolute atomic E-state index is 13.5. The molecule has 8 rings (SSSR count). The van der Waals surface area contributed by atoms with Gasteiger partial charge >= 0.3 is 0 Å². The first-order valence-corrected chi connectivity index (χ1v) is 17.0. The van der Waals surface area contributed by atoms with Crippen LogP contribution in [-0.2, 0) is 24.0 Å². The number of aromatic nitrogens is 5. The molecular formula is C35H39N7O3S. The molecular weight excluding hydrogens is 598 g/mol. The Balaban J connectivity index is 0.000000321. The first-order valence-electron chi connectivity index (χ1n) is 16.2. The summed E-state index contributed by atoms with van der Waals surface area (Å²) in [6, 6.07) is 8.03. The molecule has 0 spiro atoms. The molecule has 1 aliphatic carbocycles. The molecule has 0 aromatic carbocycles. The first-order chi connectivity index (χ1) is 22.4. The van der Waals surface area contributed by atoms with Crippen LogP contribution in [-0.4, -0.2) is 44.3 Å². The number of hydrogen-bond donors (Lipinski definition) is 2. The molecule has 3 aliphatic rings. The quantitative estimate of drug-likeness (QED) is 0.209. The van der Waals surface area contributed by atoms with E-state index in [1.54, 1.807) is 13.1 Å². The number of anilines is 1. The second-order valence-corrected chi connectivity index (χ2v) is 13.7. The number of rotatable bonds is 6. The van der Waals surface area contributed by atoms with E-state index in [-0.39, 0.29) is 17.9 Å². The number of aryl methyl sites for hydroxylation is 4. The Morgan fingerprint density at radius 3 is 2.65 bits per heavy atom. The molecule has 1 atom stereocenters. The van der Waals surface area contributed by atoms with Crippen LogP contribution in [0.5, 0.6) is 0 Å². The number of carbonyl (C=O) groups is 1. The largest absolute Gasteiger partial charge is 0.421 e. The number of thiophene rings is 1. The summed E-state index contributed by atoms with van der Waals surface area (Å²) in [4.78, 5) is 28.1. The van der Waals surface area contributed by atoms with Gasteiger partial charge in [0.2, 0.25) is 11.8 Å². The monoisotopic (exact) mass is 637 g/mol. The second-order valence-electron chi connectivity index (χ2n) is 12.7. The van der Waals surface area contributed by atoms with E-state index < -0.39 is 0 Å². The number of carbonyl (C=O) groups excluding carboxylic acids is 1. The standard InChI is InChI=1S/C27H30N6O3S.C8H9N/c1-13(2)22-23-21(26(34)31-22)20(18-12-16-6-9-29-25(28)24(16)37-18)19(27-33-32-14(3)36-27)17(30-23)5-4-15-7-10-35-11-8-15;1-3-7-4-2-6-9-8(7)5-1/h6,9,12-13,15,22H,4-5,7-8,10-11H2,1-3H3,(H2,28,29)(H,31,34);2,4,6H,1,3,5H2. The van der Waals surface area contributed by atoms with E-state index in [0.29, 0.717) is 29.1 Å². The number of pyridine rings is 3. The number of nitrogen functional groups attached to an aromatic ring is 1. The van der Waals surface area contributed by atoms with E-state index in [1.165, 1.54) is 41.9 Å². The van der Waals surface area contributed by atoms with Crippen LogP contribution in [0.2, 0.25) is 0 Å². The lowest BCUT2D eigenvalue weighted by atomic mass is 9.89. The van der Waals surface area contributed by atoms with Crippen LogP contribution in [0, 0.1) is 18.8 Å². The van der Waals surface area contributed by atoms with E-state index in [0.717, 1.165) is 76.4 Å². The van der Waals surface area contributed by atoms with Gasteiger partial charge in [-0.3, -0.25) is 14.8 Å². The fourth-order valence-electron chi connectivity index (χ4n) is 6.78. The average molecular weight is 638 g/mol. The zero-order chi connectivity index (χ0) is 31.8. The van der Waals surface area contributed by atoms with Gasteiger partial charge in [-0.1, -0.05) is 19.9 Å². The van der Waals surface area contributed by atoms with Gasteiger partial charge in [0.1, 0.15) is 5.82 Å². The lowest BCUT2D eigenvalue weighted by molar-refractivity contribution is 0.0639. The lowest BCUT2D eigenvalue weighted by Crippen LogP contribution is -2.23. The van der Waals surface area contributed by atoms with Crippen molar-refractivity contribution in [3.63, 3.8) is 0 Å². The summed E-state index contributed by atoms with van der Waals surface area (Å²) in [5.74, 6) is 1.94. The van der Waals surface area contributed by atoms with Crippen LogP contribution in [0.3, 0.4) is 0 Å². The van der Waals surface area contributed by atoms with Crippen molar-refractivity contribution in [3.05, 3.63) is 70.8 Å². The first kappa shape index (κ1) is 30.4. The van der Waals surface area contributed by atoms with Crippen molar-refractivity contribution < 1.29 is 13.9 Å². The van der Waals surface area contributed by atoms with Gasteiger partial charge in [-0.25, -0.2) is 4.98 Å². The van der Waals surface area contributed by atoms with Crippen molar-refractivity contribution in [2.75, 3.05) is 18.9 Å². The van der Waals surface area contributed by atoms with Gasteiger partial charge in [-0.05, 0) is 85.9 Å². The molecule has 3 N–H and O–H groups in total. The molecule has 2 aliphatic heterocycles. The van der Waals surface area contributed by atoms with Crippen LogP contribution < -0.4 is 11.1 Å². The highest BCUT2D eigenvalue weighted by Gasteiger charge is 2.39. The highest BCUT2D eigenvalue weighted by Crippen LogP contribution is 2.47. The van der Waals surface area contributed by atoms with Gasteiger partial charge in [0.15, 0.2) is 0 Å². The van der Waals surface area contributed by atoms with Crippen LogP contribution in [0.1, 0.15) is 84.5 Å². The van der Waals surface area contributed by atoms with Crippen molar-refractivity contribution in [1.82, 2.24) is 30.5 Å². The Morgan fingerprint density at radius 2 is 1.91 bits per heavy atom. The maximum atomic E-state index is 13.5. The number of ether oxygens (including phenoxy) is 1. The highest BCUT2D eigenvalue weighted by atomic mass is 32.1. The Labute approximate surface area is 272 Å². The molecule has 0 saturated carbocycles. The van der Waals surface area contributed by atoms with Crippen molar-refractivity contribution in [3.8, 4) is 21.9 Å². The smallest absolute Gasteiger partial charge is 0.254 e. The van der Waals surface area contributed by atoms with E-state index in [4.69, 9.17) is 19.9 Å². The molecule has 0 radical (unpaired) electrons. The number of fused-ring (bicyclic) bond motifs is 3. The predicted molar refractivity (Wildman–Crippen MR) is 178 cm³/mol. The van der Waals surface area contributed by atoms with E-state index >= 15 is 0 Å². The minimum atomic E-state index is -0.164. The molecule has 1 saturated heterocycles. The van der Waals surface area contributed by atoms with Gasteiger partial charge in [0.25, 0.3) is 5.91 Å². The fraction of sp³-hybridized carbons (Fsp3) is 0.429. The molecule has 1 amide bonds. The molecule has 0 bridgehead atoms. The van der Waals surface area contributed by atoms with Crippen molar-refractivity contribution in [2.45, 2.75) is 71.8 Å². The van der Waals surface area contributed by atoms with E-state index in [2.05, 4.69) is 51.5 Å². The van der Waals surface area contributed by atoms with Crippen LogP contribution in [0.15, 0.2) is 41.1 Å². The third-order valence-electron chi connectivity index (χ3n) is 9.20. The number of nitrogens with zero attached hydrogens (tertiary/aromatic N) is 5. The van der Waals surface area contributed by atoms with Gasteiger partial charge in [-0.2, -0.15) is 0 Å². The Bertz CT molecular complexity index is 1870. The fourth-order valence-corrected chi connectivity index (χ4v) is 7.90. The van der Waals surface area contributed by atoms with Crippen molar-refractivity contribution in [1.29, 1.82) is 0 Å². The summed E-state index contributed by atoms with van der Waals surface area (Å²) in [6.45, 7) is 7.57. The minimum absolute atomic E-state index is 0.131. The third kappa shape index (κ3) is 5.89. The number of nitrogens with two attached hydrogens (primary N) is 1. The molecule has 7 heterocycles. The normalized spacial score (nSPS) is 17.6. The zero-order valence-corrected chi connectivity index (χ0v) is 27.3. The minimum Gasteiger partial charge on any atom is -0.421 e. The molecule has 238 valence electrons. The Hall–Kier alpha value is -4.22. The second kappa shape index (κ2) is 12.9. The Kier molecular flexibility index (Phi) is 8.52. The number of hydrogen-bond acceptors (Lipinski definition) is 10. The predicted octanol–water partition coefficient (Wildman–Crippen LogP) is 6.67. The van der Waals surface area contributed by atoms with Crippen LogP contribution in [0.25, 0.3) is 32.0 Å². The number of nitrogens with one attached hydrogen (secondary N) is 1. The average Bonchev–Trinajstić information content (AvgIpc) is 3.86.